The normalized spacial score (nSPS) is 17.3. The second-order valence-corrected chi connectivity index (χ2v) is 19.9. The van der Waals surface area contributed by atoms with Gasteiger partial charge in [-0.15, -0.1) is 0 Å². The Kier molecular flexibility index (Phi) is 11.7. The van der Waals surface area contributed by atoms with E-state index in [2.05, 4.69) is 247 Å². The third-order valence-electron chi connectivity index (χ3n) is 15.5. The fraction of sp³-hybridized carbons (Fsp3) is 0.143. The first-order valence-corrected chi connectivity index (χ1v) is 26.3. The summed E-state index contributed by atoms with van der Waals surface area (Å²) < 4.78 is 0. The highest BCUT2D eigenvalue weighted by Crippen LogP contribution is 2.50. The van der Waals surface area contributed by atoms with Gasteiger partial charge in [-0.3, -0.25) is 0 Å². The average Bonchev–Trinajstić information content (AvgIpc) is 3.46. The molecule has 1 unspecified atom stereocenters. The van der Waals surface area contributed by atoms with E-state index in [4.69, 9.17) is 0 Å². The highest BCUT2D eigenvalue weighted by molar-refractivity contribution is 6.22. The molecular weight excluding hydrogens is 869 g/mol. The Balaban J connectivity index is 1.04. The molecule has 5 aliphatic rings. The molecule has 0 saturated carbocycles. The van der Waals surface area contributed by atoms with Gasteiger partial charge in [0, 0.05) is 28.5 Å². The molecular formula is C70H58N2. The summed E-state index contributed by atoms with van der Waals surface area (Å²) in [4.78, 5) is 5.03. The van der Waals surface area contributed by atoms with Crippen LogP contribution in [0.3, 0.4) is 0 Å². The highest BCUT2D eigenvalue weighted by atomic mass is 15.2. The summed E-state index contributed by atoms with van der Waals surface area (Å²) in [5.74, 6) is 0. The van der Waals surface area contributed by atoms with Gasteiger partial charge in [0.1, 0.15) is 0 Å². The molecule has 0 bridgehead atoms. The van der Waals surface area contributed by atoms with E-state index in [1.54, 1.807) is 0 Å². The SMILES string of the molecule is C1=CC(N(C2=CC=C(c3cc(-c4ccccc4)c(C4=CCC(N(C5=CCCC=C5)c5ccccc5)C=C4)c4c3c3c(c5cc(-c6ccc7ccccc7c6)ccc54)C=CCC3)CC2)c2ccccc2)=CCC1. The van der Waals surface area contributed by atoms with E-state index in [0.29, 0.717) is 0 Å². The monoisotopic (exact) mass is 926 g/mol. The first-order chi connectivity index (χ1) is 35.7. The lowest BCUT2D eigenvalue weighted by atomic mass is 9.76. The van der Waals surface area contributed by atoms with Gasteiger partial charge >= 0.3 is 0 Å². The molecule has 0 fully saturated rings. The zero-order valence-electron chi connectivity index (χ0n) is 40.9. The van der Waals surface area contributed by atoms with Crippen molar-refractivity contribution in [3.8, 4) is 22.3 Å². The predicted octanol–water partition coefficient (Wildman–Crippen LogP) is 18.7. The Morgan fingerprint density at radius 2 is 1.14 bits per heavy atom. The fourth-order valence-corrected chi connectivity index (χ4v) is 12.1. The maximum absolute atomic E-state index is 2.58. The minimum atomic E-state index is 0.179. The number of aryl methyl sites for hydroxylation is 1. The number of hydrogen-bond acceptors (Lipinski definition) is 2. The predicted molar refractivity (Wildman–Crippen MR) is 309 cm³/mol. The van der Waals surface area contributed by atoms with Crippen molar-refractivity contribution in [2.45, 2.75) is 63.8 Å². The van der Waals surface area contributed by atoms with Crippen LogP contribution in [0, 0.1) is 0 Å². The minimum absolute atomic E-state index is 0.179. The van der Waals surface area contributed by atoms with Crippen molar-refractivity contribution in [2.24, 2.45) is 0 Å². The third-order valence-corrected chi connectivity index (χ3v) is 15.5. The van der Waals surface area contributed by atoms with Crippen LogP contribution in [-0.4, -0.2) is 6.04 Å². The molecule has 1 atom stereocenters. The first kappa shape index (κ1) is 43.8. The number of allylic oxidation sites excluding steroid dienone is 13. The number of nitrogens with zero attached hydrogens (tertiary/aromatic N) is 2. The van der Waals surface area contributed by atoms with Crippen LogP contribution in [0.4, 0.5) is 11.4 Å². The van der Waals surface area contributed by atoms with E-state index in [-0.39, 0.29) is 6.04 Å². The quantitative estimate of drug-likeness (QED) is 0.126. The third kappa shape index (κ3) is 8.11. The van der Waals surface area contributed by atoms with Crippen LogP contribution in [-0.2, 0) is 6.42 Å². The largest absolute Gasteiger partial charge is 0.335 e. The Morgan fingerprint density at radius 1 is 0.444 bits per heavy atom. The van der Waals surface area contributed by atoms with E-state index in [9.17, 15) is 0 Å². The van der Waals surface area contributed by atoms with E-state index in [1.165, 1.54) is 116 Å². The van der Waals surface area contributed by atoms with Crippen LogP contribution in [0.2, 0.25) is 0 Å². The smallest absolute Gasteiger partial charge is 0.0560 e. The lowest BCUT2D eigenvalue weighted by Crippen LogP contribution is -2.33. The Labute approximate surface area is 424 Å². The van der Waals surface area contributed by atoms with Gasteiger partial charge in [0.2, 0.25) is 0 Å². The number of para-hydroxylation sites is 2. The summed E-state index contributed by atoms with van der Waals surface area (Å²) in [6.45, 7) is 0. The molecule has 13 rings (SSSR count). The zero-order valence-corrected chi connectivity index (χ0v) is 40.9. The van der Waals surface area contributed by atoms with Gasteiger partial charge in [0.05, 0.1) is 6.04 Å². The van der Waals surface area contributed by atoms with Gasteiger partial charge in [-0.1, -0.05) is 176 Å². The van der Waals surface area contributed by atoms with Crippen LogP contribution in [0.5, 0.6) is 0 Å². The summed E-state index contributed by atoms with van der Waals surface area (Å²) in [7, 11) is 0. The van der Waals surface area contributed by atoms with Crippen molar-refractivity contribution in [3.05, 3.63) is 270 Å². The van der Waals surface area contributed by atoms with Gasteiger partial charge in [-0.25, -0.2) is 0 Å². The van der Waals surface area contributed by atoms with Crippen molar-refractivity contribution in [1.82, 2.24) is 0 Å². The molecule has 72 heavy (non-hydrogen) atoms. The molecule has 2 nitrogen and oxygen atoms in total. The summed E-state index contributed by atoms with van der Waals surface area (Å²) in [5.41, 5.74) is 19.6. The van der Waals surface area contributed by atoms with Crippen molar-refractivity contribution in [3.63, 3.8) is 0 Å². The summed E-state index contributed by atoms with van der Waals surface area (Å²) in [5, 5.41) is 7.95. The summed E-state index contributed by atoms with van der Waals surface area (Å²) in [6, 6.07) is 58.9. The Morgan fingerprint density at radius 3 is 1.86 bits per heavy atom. The summed E-state index contributed by atoms with van der Waals surface area (Å²) >= 11 is 0. The van der Waals surface area contributed by atoms with Crippen LogP contribution in [0.25, 0.3) is 71.8 Å². The molecule has 0 amide bonds. The molecule has 2 heteroatoms. The van der Waals surface area contributed by atoms with Crippen LogP contribution < -0.4 is 9.80 Å². The van der Waals surface area contributed by atoms with Gasteiger partial charge in [-0.05, 0) is 206 Å². The molecule has 8 aromatic rings. The van der Waals surface area contributed by atoms with Crippen molar-refractivity contribution < 1.29 is 0 Å². The topological polar surface area (TPSA) is 6.48 Å². The Hall–Kier alpha value is -8.20. The Bertz CT molecular complexity index is 3700. The van der Waals surface area contributed by atoms with E-state index in [0.717, 1.165) is 57.8 Å². The van der Waals surface area contributed by atoms with Crippen LogP contribution in [0.1, 0.15) is 73.6 Å². The lowest BCUT2D eigenvalue weighted by Gasteiger charge is -2.35. The van der Waals surface area contributed by atoms with E-state index < -0.39 is 0 Å². The highest BCUT2D eigenvalue weighted by Gasteiger charge is 2.29. The fourth-order valence-electron chi connectivity index (χ4n) is 12.1. The van der Waals surface area contributed by atoms with Gasteiger partial charge in [0.15, 0.2) is 0 Å². The standard InChI is InChI=1S/C70H58N2/c1-6-21-50(22-7-1)65-48-66(51-36-41-60(42-37-51)71(56-24-8-2-9-25-56)57-26-10-3-11-27-57)69-63-33-19-18-32-62(63)67-47-55(54-35-34-49-20-16-17-23-53(49)46-54)40-45-64(67)70(69)68(65)52-38-43-61(44-39-52)72(58-28-12-4-13-29-58)59-30-14-5-15-31-59/h1-2,4,6-10,12-14,16-18,20-32,34-36,38-41,43,45-48,61H,3,5,11,15,19,33,37,42,44H2. The first-order valence-electron chi connectivity index (χ1n) is 26.3. The van der Waals surface area contributed by atoms with E-state index >= 15 is 0 Å². The number of fused-ring (bicyclic) bond motifs is 7. The van der Waals surface area contributed by atoms with Gasteiger partial charge < -0.3 is 9.80 Å². The molecule has 8 aromatic carbocycles. The molecule has 348 valence electrons. The molecule has 0 N–H and O–H groups in total. The lowest BCUT2D eigenvalue weighted by molar-refractivity contribution is 0.756. The number of hydrogen-bond donors (Lipinski definition) is 0. The second-order valence-electron chi connectivity index (χ2n) is 19.9. The molecule has 0 saturated heterocycles. The minimum Gasteiger partial charge on any atom is -0.335 e. The molecule has 0 aromatic heterocycles. The second kappa shape index (κ2) is 19.2. The molecule has 0 heterocycles. The van der Waals surface area contributed by atoms with E-state index in [1.807, 2.05) is 0 Å². The maximum atomic E-state index is 2.58. The molecule has 5 aliphatic carbocycles. The number of rotatable bonds is 10. The van der Waals surface area contributed by atoms with Gasteiger partial charge in [0.25, 0.3) is 0 Å². The van der Waals surface area contributed by atoms with Crippen LogP contribution in [0.15, 0.2) is 248 Å². The molecule has 0 spiro atoms. The van der Waals surface area contributed by atoms with Crippen molar-refractivity contribution in [2.75, 3.05) is 9.80 Å². The van der Waals surface area contributed by atoms with Crippen molar-refractivity contribution in [1.29, 1.82) is 0 Å². The number of benzene rings is 8. The summed E-state index contributed by atoms with van der Waals surface area (Å²) in [6.07, 6.45) is 40.4. The molecule has 0 radical (unpaired) electrons. The molecule has 0 aliphatic heterocycles. The maximum Gasteiger partial charge on any atom is 0.0560 e. The average molecular weight is 927 g/mol. The number of anilines is 2. The van der Waals surface area contributed by atoms with Crippen LogP contribution >= 0.6 is 0 Å². The zero-order chi connectivity index (χ0) is 47.8. The van der Waals surface area contributed by atoms with Crippen molar-refractivity contribution >= 4 is 60.9 Å². The van der Waals surface area contributed by atoms with Gasteiger partial charge in [-0.2, -0.15) is 0 Å².